The summed E-state index contributed by atoms with van der Waals surface area (Å²) in [6.07, 6.45) is 6.57. The molecule has 3 rings (SSSR count). The second-order valence-electron chi connectivity index (χ2n) is 6.88. The average Bonchev–Trinajstić information content (AvgIpc) is 2.71. The summed E-state index contributed by atoms with van der Waals surface area (Å²) in [7, 11) is 0. The summed E-state index contributed by atoms with van der Waals surface area (Å²) in [5.74, 6) is 0.705. The number of pyridine rings is 1. The lowest BCUT2D eigenvalue weighted by molar-refractivity contribution is 0.228. The number of nitrogens with zero attached hydrogens (tertiary/aromatic N) is 2. The number of halogens is 2. The van der Waals surface area contributed by atoms with Crippen LogP contribution in [0.2, 0.25) is 10.0 Å². The van der Waals surface area contributed by atoms with Crippen molar-refractivity contribution < 1.29 is 4.74 Å². The molecule has 8 heteroatoms. The van der Waals surface area contributed by atoms with Crippen molar-refractivity contribution >= 4 is 40.8 Å². The van der Waals surface area contributed by atoms with Crippen molar-refractivity contribution in [1.29, 1.82) is 0 Å². The molecule has 0 spiro atoms. The van der Waals surface area contributed by atoms with E-state index in [0.29, 0.717) is 27.4 Å². The molecule has 5 N–H and O–H groups in total. The third-order valence-corrected chi connectivity index (χ3v) is 5.50. The van der Waals surface area contributed by atoms with E-state index in [-0.39, 0.29) is 5.82 Å². The van der Waals surface area contributed by atoms with Crippen LogP contribution in [0.3, 0.4) is 0 Å². The number of anilines is 1. The van der Waals surface area contributed by atoms with Crippen molar-refractivity contribution in [2.75, 3.05) is 18.8 Å². The maximum atomic E-state index is 6.29. The van der Waals surface area contributed by atoms with Gasteiger partial charge >= 0.3 is 0 Å². The number of hydrogen-bond acceptors (Lipinski definition) is 6. The third kappa shape index (κ3) is 5.41. The largest absolute Gasteiger partial charge is 0.482 e. The molecule has 0 bridgehead atoms. The maximum absolute atomic E-state index is 6.29. The molecule has 1 aromatic carbocycles. The Morgan fingerprint density at radius 2 is 2.00 bits per heavy atom. The first-order chi connectivity index (χ1) is 14.0. The van der Waals surface area contributed by atoms with Gasteiger partial charge in [-0.3, -0.25) is 4.99 Å². The summed E-state index contributed by atoms with van der Waals surface area (Å²) in [5, 5.41) is 4.39. The van der Waals surface area contributed by atoms with Crippen molar-refractivity contribution in [3.63, 3.8) is 0 Å². The highest BCUT2D eigenvalue weighted by molar-refractivity contribution is 6.36. The lowest BCUT2D eigenvalue weighted by Gasteiger charge is -2.19. The molecule has 0 aliphatic carbocycles. The first kappa shape index (κ1) is 21.4. The number of hydrogen-bond donors (Lipinski definition) is 3. The molecule has 29 heavy (non-hydrogen) atoms. The summed E-state index contributed by atoms with van der Waals surface area (Å²) < 4.78 is 6.05. The Bertz CT molecular complexity index is 890. The van der Waals surface area contributed by atoms with Crippen LogP contribution >= 0.6 is 23.2 Å². The van der Waals surface area contributed by atoms with Gasteiger partial charge < -0.3 is 21.5 Å². The second-order valence-corrected chi connectivity index (χ2v) is 7.70. The van der Waals surface area contributed by atoms with Crippen molar-refractivity contribution in [3.05, 3.63) is 57.8 Å². The number of nitrogens with one attached hydrogen (secondary N) is 1. The summed E-state index contributed by atoms with van der Waals surface area (Å²) >= 11 is 12.6. The van der Waals surface area contributed by atoms with E-state index < -0.39 is 6.10 Å². The van der Waals surface area contributed by atoms with E-state index in [4.69, 9.17) is 39.4 Å². The van der Waals surface area contributed by atoms with Gasteiger partial charge in [0, 0.05) is 45.4 Å². The Morgan fingerprint density at radius 3 is 2.66 bits per heavy atom. The van der Waals surface area contributed by atoms with Crippen LogP contribution in [0.1, 0.15) is 37.0 Å². The highest BCUT2D eigenvalue weighted by atomic mass is 35.5. The zero-order chi connectivity index (χ0) is 20.8. The molecule has 1 fully saturated rings. The Balaban J connectivity index is 1.80. The fraction of sp³-hybridized carbons (Fsp3) is 0.333. The van der Waals surface area contributed by atoms with Crippen LogP contribution in [0.25, 0.3) is 5.57 Å². The smallest absolute Gasteiger partial charge is 0.166 e. The Hall–Kier alpha value is -2.28. The minimum Gasteiger partial charge on any atom is -0.482 e. The number of aromatic nitrogens is 1. The lowest BCUT2D eigenvalue weighted by atomic mass is 10.1. The van der Waals surface area contributed by atoms with Crippen molar-refractivity contribution in [2.24, 2.45) is 10.7 Å². The van der Waals surface area contributed by atoms with E-state index in [2.05, 4.69) is 15.3 Å². The van der Waals surface area contributed by atoms with Crippen LogP contribution in [0, 0.1) is 0 Å². The zero-order valence-electron chi connectivity index (χ0n) is 16.2. The van der Waals surface area contributed by atoms with Gasteiger partial charge in [0.1, 0.15) is 6.10 Å². The average molecular weight is 434 g/mol. The van der Waals surface area contributed by atoms with Crippen LogP contribution < -0.4 is 21.5 Å². The molecule has 1 atom stereocenters. The van der Waals surface area contributed by atoms with E-state index in [0.717, 1.165) is 37.1 Å². The number of rotatable bonds is 6. The van der Waals surface area contributed by atoms with Crippen molar-refractivity contribution in [2.45, 2.75) is 31.9 Å². The van der Waals surface area contributed by atoms with Gasteiger partial charge in [-0.2, -0.15) is 0 Å². The van der Waals surface area contributed by atoms with Crippen molar-refractivity contribution in [1.82, 2.24) is 10.3 Å². The first-order valence-corrected chi connectivity index (χ1v) is 10.3. The molecule has 1 aromatic heterocycles. The summed E-state index contributed by atoms with van der Waals surface area (Å²) in [4.78, 5) is 8.92. The van der Waals surface area contributed by atoms with Crippen LogP contribution in [0.4, 0.5) is 5.82 Å². The fourth-order valence-corrected chi connectivity index (χ4v) is 3.92. The van der Waals surface area contributed by atoms with Gasteiger partial charge in [0.25, 0.3) is 0 Å². The molecule has 154 valence electrons. The molecule has 1 saturated heterocycles. The molecule has 0 saturated carbocycles. The number of aliphatic imine (C=N–C) groups is 1. The summed E-state index contributed by atoms with van der Waals surface area (Å²) in [6, 6.07) is 7.43. The number of ether oxygens (including phenoxy) is 1. The van der Waals surface area contributed by atoms with Crippen LogP contribution in [-0.2, 0) is 0 Å². The van der Waals surface area contributed by atoms with Crippen LogP contribution in [0.5, 0.6) is 5.75 Å². The zero-order valence-corrected chi connectivity index (χ0v) is 17.7. The Morgan fingerprint density at radius 1 is 1.31 bits per heavy atom. The molecule has 6 nitrogen and oxygen atoms in total. The standard InChI is InChI=1S/C21H25Cl2N5O/c1-13(20-17(22)3-2-4-18(20)23)29-19-9-14(11-28-21(19)25)15(10-24)12-27-16-5-7-26-8-6-16/h2-4,9-13,16,26H,5-8,24H2,1H3,(H2,25,28). The topological polar surface area (TPSA) is 98.5 Å². The van der Waals surface area contributed by atoms with Crippen LogP contribution in [0.15, 0.2) is 41.7 Å². The first-order valence-electron chi connectivity index (χ1n) is 9.52. The third-order valence-electron chi connectivity index (χ3n) is 4.84. The van der Waals surface area contributed by atoms with Gasteiger partial charge in [0.05, 0.1) is 6.04 Å². The number of nitrogens with two attached hydrogens (primary N) is 2. The summed E-state index contributed by atoms with van der Waals surface area (Å²) in [6.45, 7) is 3.82. The van der Waals surface area contributed by atoms with Gasteiger partial charge in [-0.15, -0.1) is 0 Å². The summed E-state index contributed by atoms with van der Waals surface area (Å²) in [5.41, 5.74) is 14.1. The Labute approximate surface area is 181 Å². The molecule has 2 heterocycles. The number of allylic oxidation sites excluding steroid dienone is 1. The quantitative estimate of drug-likeness (QED) is 0.591. The molecule has 1 aliphatic rings. The highest BCUT2D eigenvalue weighted by Gasteiger charge is 2.18. The molecule has 0 amide bonds. The second kappa shape index (κ2) is 9.96. The predicted molar refractivity (Wildman–Crippen MR) is 121 cm³/mol. The molecular formula is C21H25Cl2N5O. The van der Waals surface area contributed by atoms with Gasteiger partial charge in [0.15, 0.2) is 11.6 Å². The minimum atomic E-state index is -0.413. The maximum Gasteiger partial charge on any atom is 0.166 e. The van der Waals surface area contributed by atoms with Crippen LogP contribution in [-0.4, -0.2) is 30.3 Å². The van der Waals surface area contributed by atoms with Gasteiger partial charge in [-0.1, -0.05) is 29.3 Å². The minimum absolute atomic E-state index is 0.274. The highest BCUT2D eigenvalue weighted by Crippen LogP contribution is 2.35. The fourth-order valence-electron chi connectivity index (χ4n) is 3.21. The molecule has 1 unspecified atom stereocenters. The Kier molecular flexibility index (Phi) is 7.36. The lowest BCUT2D eigenvalue weighted by Crippen LogP contribution is -2.29. The molecule has 2 aromatic rings. The predicted octanol–water partition coefficient (Wildman–Crippen LogP) is 4.23. The molecule has 1 aliphatic heterocycles. The molecular weight excluding hydrogens is 409 g/mol. The number of nitrogen functional groups attached to an aromatic ring is 1. The van der Waals surface area contributed by atoms with E-state index in [1.54, 1.807) is 36.7 Å². The van der Waals surface area contributed by atoms with E-state index in [9.17, 15) is 0 Å². The van der Waals surface area contributed by atoms with E-state index >= 15 is 0 Å². The van der Waals surface area contributed by atoms with E-state index in [1.165, 1.54) is 6.20 Å². The number of piperidine rings is 1. The van der Waals surface area contributed by atoms with Gasteiger partial charge in [-0.05, 0) is 51.1 Å². The number of benzene rings is 1. The van der Waals surface area contributed by atoms with Gasteiger partial charge in [0.2, 0.25) is 0 Å². The van der Waals surface area contributed by atoms with Crippen molar-refractivity contribution in [3.8, 4) is 5.75 Å². The van der Waals surface area contributed by atoms with Gasteiger partial charge in [-0.25, -0.2) is 4.98 Å². The molecule has 0 radical (unpaired) electrons. The van der Waals surface area contributed by atoms with E-state index in [1.807, 2.05) is 6.92 Å². The monoisotopic (exact) mass is 433 g/mol. The normalized spacial score (nSPS) is 16.9. The SMILES string of the molecule is CC(Oc1cc(C(C=NC2CCNCC2)=CN)cnc1N)c1c(Cl)cccc1Cl.